The van der Waals surface area contributed by atoms with Gasteiger partial charge < -0.3 is 24.4 Å². The fraction of sp³-hybridized carbons (Fsp3) is 0.455. The van der Waals surface area contributed by atoms with E-state index in [2.05, 4.69) is 72.2 Å². The Hall–Kier alpha value is -3.18. The normalized spacial score (nSPS) is 18.1. The van der Waals surface area contributed by atoms with Crippen molar-refractivity contribution in [1.29, 1.82) is 0 Å². The smallest absolute Gasteiger partial charge is 0.120 e. The van der Waals surface area contributed by atoms with E-state index in [4.69, 9.17) is 9.47 Å². The van der Waals surface area contributed by atoms with Crippen molar-refractivity contribution in [3.63, 3.8) is 0 Å². The fourth-order valence-electron chi connectivity index (χ4n) is 6.07. The number of phenolic OH excluding ortho intramolecular Hbond substituents is 1. The first-order valence-corrected chi connectivity index (χ1v) is 14.3. The van der Waals surface area contributed by atoms with Crippen LogP contribution >= 0.6 is 0 Å². The van der Waals surface area contributed by atoms with Gasteiger partial charge in [-0.3, -0.25) is 0 Å². The van der Waals surface area contributed by atoms with Gasteiger partial charge in [0.1, 0.15) is 23.4 Å². The van der Waals surface area contributed by atoms with E-state index < -0.39 is 0 Å². The highest BCUT2D eigenvalue weighted by molar-refractivity contribution is 5.60. The molecule has 0 spiro atoms. The largest absolute Gasteiger partial charge is 0.508 e. The first kappa shape index (κ1) is 26.4. The molecule has 3 aromatic carbocycles. The number of nitrogens with zero attached hydrogens (tertiary/aromatic N) is 2. The number of anilines is 1. The number of piperidine rings is 1. The van der Waals surface area contributed by atoms with Gasteiger partial charge in [0.25, 0.3) is 0 Å². The monoisotopic (exact) mass is 514 g/mol. The Kier molecular flexibility index (Phi) is 8.43. The van der Waals surface area contributed by atoms with Gasteiger partial charge in [-0.1, -0.05) is 31.2 Å². The van der Waals surface area contributed by atoms with E-state index in [1.54, 1.807) is 7.11 Å². The van der Waals surface area contributed by atoms with E-state index in [-0.39, 0.29) is 0 Å². The summed E-state index contributed by atoms with van der Waals surface area (Å²) in [6, 6.07) is 21.1. The molecular formula is C33H42N2O3. The van der Waals surface area contributed by atoms with Crippen molar-refractivity contribution < 1.29 is 14.6 Å². The molecule has 2 aliphatic rings. The van der Waals surface area contributed by atoms with Crippen molar-refractivity contribution in [2.45, 2.75) is 64.5 Å². The van der Waals surface area contributed by atoms with Crippen LogP contribution in [0.4, 0.5) is 5.69 Å². The maximum atomic E-state index is 9.91. The Labute approximate surface area is 228 Å². The maximum absolute atomic E-state index is 9.91. The Morgan fingerprint density at radius 3 is 2.37 bits per heavy atom. The molecule has 0 amide bonds. The van der Waals surface area contributed by atoms with Gasteiger partial charge in [-0.05, 0) is 104 Å². The van der Waals surface area contributed by atoms with Gasteiger partial charge in [0, 0.05) is 37.9 Å². The highest BCUT2D eigenvalue weighted by Crippen LogP contribution is 2.40. The third-order valence-corrected chi connectivity index (χ3v) is 8.40. The zero-order valence-corrected chi connectivity index (χ0v) is 23.2. The number of benzene rings is 3. The number of ether oxygens (including phenoxy) is 2. The number of aromatic hydroxyl groups is 1. The number of methoxy groups -OCH3 is 1. The van der Waals surface area contributed by atoms with E-state index >= 15 is 0 Å². The van der Waals surface area contributed by atoms with Crippen LogP contribution in [-0.2, 0) is 19.4 Å². The highest BCUT2D eigenvalue weighted by atomic mass is 16.5. The quantitative estimate of drug-likeness (QED) is 0.350. The molecule has 1 fully saturated rings. The van der Waals surface area contributed by atoms with Gasteiger partial charge >= 0.3 is 0 Å². The second-order valence-corrected chi connectivity index (χ2v) is 10.7. The van der Waals surface area contributed by atoms with Crippen LogP contribution in [0.3, 0.4) is 0 Å². The summed E-state index contributed by atoms with van der Waals surface area (Å²) in [6.45, 7) is 9.58. The first-order valence-electron chi connectivity index (χ1n) is 14.3. The maximum Gasteiger partial charge on any atom is 0.120 e. The molecule has 1 atom stereocenters. The topological polar surface area (TPSA) is 45.2 Å². The zero-order valence-electron chi connectivity index (χ0n) is 23.2. The predicted octanol–water partition coefficient (Wildman–Crippen LogP) is 6.56. The number of hydrogen-bond acceptors (Lipinski definition) is 5. The molecule has 1 saturated heterocycles. The molecule has 1 unspecified atom stereocenters. The lowest BCUT2D eigenvalue weighted by Crippen LogP contribution is -2.37. The fourth-order valence-corrected chi connectivity index (χ4v) is 6.07. The minimum atomic E-state index is 0.319. The lowest BCUT2D eigenvalue weighted by Gasteiger charge is -2.32. The van der Waals surface area contributed by atoms with Crippen molar-refractivity contribution in [2.24, 2.45) is 0 Å². The minimum absolute atomic E-state index is 0.319. The summed E-state index contributed by atoms with van der Waals surface area (Å²) in [5.74, 6) is 2.67. The zero-order chi connectivity index (χ0) is 26.5. The van der Waals surface area contributed by atoms with Gasteiger partial charge in [0.05, 0.1) is 7.11 Å². The lowest BCUT2D eigenvalue weighted by molar-refractivity contribution is 0.104. The van der Waals surface area contributed by atoms with Crippen molar-refractivity contribution >= 4 is 5.69 Å². The molecule has 1 heterocycles. The Balaban J connectivity index is 1.31. The van der Waals surface area contributed by atoms with Crippen LogP contribution in [0.2, 0.25) is 0 Å². The number of likely N-dealkylation sites (tertiary alicyclic amines) is 1. The summed E-state index contributed by atoms with van der Waals surface area (Å²) in [6.07, 6.45) is 5.59. The van der Waals surface area contributed by atoms with E-state index in [9.17, 15) is 5.11 Å². The van der Waals surface area contributed by atoms with E-state index in [1.165, 1.54) is 27.9 Å². The van der Waals surface area contributed by atoms with E-state index in [0.29, 0.717) is 17.8 Å². The number of rotatable bonds is 9. The van der Waals surface area contributed by atoms with Crippen molar-refractivity contribution in [2.75, 3.05) is 38.2 Å². The number of fused-ring (bicyclic) bond motifs is 1. The average molecular weight is 515 g/mol. The van der Waals surface area contributed by atoms with E-state index in [0.717, 1.165) is 76.3 Å². The summed E-state index contributed by atoms with van der Waals surface area (Å²) in [4.78, 5) is 4.95. The predicted molar refractivity (Wildman–Crippen MR) is 155 cm³/mol. The van der Waals surface area contributed by atoms with Gasteiger partial charge in [0.15, 0.2) is 0 Å². The summed E-state index contributed by atoms with van der Waals surface area (Å²) in [5.41, 5.74) is 6.53. The SMILES string of the molecule is CCN1CCC(Oc2ccc(CN(CC)c3cc(OC)ccc3C3CCc4cc(O)ccc4C3)cc2)CC1. The molecule has 0 bridgehead atoms. The molecule has 3 aromatic rings. The lowest BCUT2D eigenvalue weighted by atomic mass is 9.79. The summed E-state index contributed by atoms with van der Waals surface area (Å²) in [7, 11) is 1.74. The van der Waals surface area contributed by atoms with E-state index in [1.807, 2.05) is 12.1 Å². The third-order valence-electron chi connectivity index (χ3n) is 8.40. The number of hydrogen-bond donors (Lipinski definition) is 1. The van der Waals surface area contributed by atoms with Gasteiger partial charge in [-0.15, -0.1) is 0 Å². The Morgan fingerprint density at radius 2 is 1.66 bits per heavy atom. The summed E-state index contributed by atoms with van der Waals surface area (Å²) in [5, 5.41) is 9.91. The molecule has 5 rings (SSSR count). The molecule has 1 N–H and O–H groups in total. The van der Waals surface area contributed by atoms with Crippen LogP contribution in [-0.4, -0.2) is 49.4 Å². The van der Waals surface area contributed by atoms with Crippen LogP contribution in [0, 0.1) is 0 Å². The van der Waals surface area contributed by atoms with Crippen LogP contribution in [0.25, 0.3) is 0 Å². The van der Waals surface area contributed by atoms with Crippen molar-refractivity contribution in [3.05, 3.63) is 82.9 Å². The van der Waals surface area contributed by atoms with Crippen LogP contribution < -0.4 is 14.4 Å². The van der Waals surface area contributed by atoms with Gasteiger partial charge in [-0.2, -0.15) is 0 Å². The third kappa shape index (κ3) is 6.10. The van der Waals surface area contributed by atoms with Crippen LogP contribution in [0.5, 0.6) is 17.2 Å². The molecule has 0 saturated carbocycles. The molecule has 1 aliphatic heterocycles. The van der Waals surface area contributed by atoms with Gasteiger partial charge in [-0.25, -0.2) is 0 Å². The Bertz CT molecular complexity index is 1200. The van der Waals surface area contributed by atoms with Gasteiger partial charge in [0.2, 0.25) is 0 Å². The molecule has 5 heteroatoms. The molecule has 38 heavy (non-hydrogen) atoms. The summed E-state index contributed by atoms with van der Waals surface area (Å²) >= 11 is 0. The first-order chi connectivity index (χ1) is 18.6. The minimum Gasteiger partial charge on any atom is -0.508 e. The molecule has 202 valence electrons. The van der Waals surface area contributed by atoms with Crippen molar-refractivity contribution in [3.8, 4) is 17.2 Å². The molecular weight excluding hydrogens is 472 g/mol. The summed E-state index contributed by atoms with van der Waals surface area (Å²) < 4.78 is 12.0. The average Bonchev–Trinajstić information content (AvgIpc) is 2.96. The second-order valence-electron chi connectivity index (χ2n) is 10.7. The molecule has 5 nitrogen and oxygen atoms in total. The standard InChI is InChI=1S/C33H42N2O3/c1-4-34-18-16-30(17-19-34)38-29-12-6-24(7-13-29)23-35(5-2)33-22-31(37-3)14-15-32(33)27-9-8-26-21-28(36)11-10-25(26)20-27/h6-7,10-15,21-22,27,30,36H,4-5,8-9,16-20,23H2,1-3H3. The van der Waals surface area contributed by atoms with Crippen LogP contribution in [0.15, 0.2) is 60.7 Å². The Morgan fingerprint density at radius 1 is 0.895 bits per heavy atom. The van der Waals surface area contributed by atoms with Crippen molar-refractivity contribution in [1.82, 2.24) is 4.90 Å². The van der Waals surface area contributed by atoms with Crippen LogP contribution in [0.1, 0.15) is 61.3 Å². The number of aryl methyl sites for hydroxylation is 1. The highest BCUT2D eigenvalue weighted by Gasteiger charge is 2.25. The second kappa shape index (κ2) is 12.1. The molecule has 0 radical (unpaired) electrons. The molecule has 1 aliphatic carbocycles. The molecule has 0 aromatic heterocycles. The number of phenols is 1.